The van der Waals surface area contributed by atoms with E-state index >= 15 is 0 Å². The zero-order valence-corrected chi connectivity index (χ0v) is 19.6. The van der Waals surface area contributed by atoms with Crippen LogP contribution in [-0.4, -0.2) is 59.1 Å². The number of nitrogens with one attached hydrogen (secondary N) is 2. The van der Waals surface area contributed by atoms with Gasteiger partial charge in [0.1, 0.15) is 0 Å². The summed E-state index contributed by atoms with van der Waals surface area (Å²) in [6.45, 7) is 3.07. The zero-order valence-electron chi connectivity index (χ0n) is 18.0. The highest BCUT2D eigenvalue weighted by molar-refractivity contribution is 7.89. The van der Waals surface area contributed by atoms with Crippen molar-refractivity contribution in [2.24, 2.45) is 0 Å². The van der Waals surface area contributed by atoms with E-state index in [0.29, 0.717) is 0 Å². The molecule has 10 heteroatoms. The molecule has 0 heterocycles. The van der Waals surface area contributed by atoms with Gasteiger partial charge in [-0.25, -0.2) is 26.3 Å². The van der Waals surface area contributed by atoms with Gasteiger partial charge in [-0.2, -0.15) is 0 Å². The molecule has 0 unspecified atom stereocenters. The Hall–Kier alpha value is -2.60. The number of rotatable bonds is 13. The summed E-state index contributed by atoms with van der Waals surface area (Å²) in [5, 5.41) is 17.5. The predicted molar refractivity (Wildman–Crippen MR) is 130 cm³/mol. The van der Waals surface area contributed by atoms with E-state index in [2.05, 4.69) is 16.0 Å². The molecule has 0 bridgehead atoms. The van der Waals surface area contributed by atoms with Crippen LogP contribution < -0.4 is 9.44 Å². The first-order chi connectivity index (χ1) is 15.7. The molecule has 0 atom stereocenters. The molecule has 0 aliphatic carbocycles. The van der Waals surface area contributed by atoms with Gasteiger partial charge in [0.25, 0.3) is 0 Å². The molecule has 8 nitrogen and oxygen atoms in total. The minimum atomic E-state index is -3.66. The Morgan fingerprint density at radius 3 is 1.94 bits per heavy atom. The van der Waals surface area contributed by atoms with E-state index in [1.807, 2.05) is 24.3 Å². The van der Waals surface area contributed by atoms with Gasteiger partial charge in [-0.15, -0.1) is 0 Å². The Morgan fingerprint density at radius 2 is 1.39 bits per heavy atom. The largest absolute Gasteiger partial charge is 0.395 e. The van der Waals surface area contributed by atoms with Crippen LogP contribution >= 0.6 is 0 Å². The second kappa shape index (κ2) is 12.6. The van der Waals surface area contributed by atoms with Gasteiger partial charge >= 0.3 is 0 Å². The number of allylic oxidation sites excluding steroid dienone is 4. The average Bonchev–Trinajstić information content (AvgIpc) is 2.81. The molecule has 0 aliphatic rings. The van der Waals surface area contributed by atoms with Crippen LogP contribution in [0.3, 0.4) is 0 Å². The Bertz CT molecular complexity index is 1180. The first-order valence-electron chi connectivity index (χ1n) is 10.1. The smallest absolute Gasteiger partial charge is 0.240 e. The Balaban J connectivity index is 2.16. The minimum Gasteiger partial charge on any atom is -0.395 e. The van der Waals surface area contributed by atoms with Crippen LogP contribution in [0.5, 0.6) is 0 Å². The van der Waals surface area contributed by atoms with Gasteiger partial charge in [-0.3, -0.25) is 0 Å². The predicted octanol–water partition coefficient (Wildman–Crippen LogP) is 1.66. The zero-order chi connectivity index (χ0) is 24.3. The van der Waals surface area contributed by atoms with Crippen molar-refractivity contribution in [3.63, 3.8) is 0 Å². The topological polar surface area (TPSA) is 133 Å². The van der Waals surface area contributed by atoms with Crippen LogP contribution in [0, 0.1) is 0 Å². The van der Waals surface area contributed by atoms with E-state index in [1.165, 1.54) is 18.2 Å². The van der Waals surface area contributed by atoms with Crippen LogP contribution in [0.25, 0.3) is 16.7 Å². The summed E-state index contributed by atoms with van der Waals surface area (Å²) >= 11 is 0. The van der Waals surface area contributed by atoms with E-state index < -0.39 is 20.0 Å². The van der Waals surface area contributed by atoms with Gasteiger partial charge in [0.2, 0.25) is 20.0 Å². The van der Waals surface area contributed by atoms with E-state index in [1.54, 1.807) is 30.4 Å². The van der Waals surface area contributed by atoms with Crippen molar-refractivity contribution in [3.8, 4) is 11.1 Å². The summed E-state index contributed by atoms with van der Waals surface area (Å²) in [6.07, 6.45) is 6.58. The van der Waals surface area contributed by atoms with Crippen molar-refractivity contribution in [2.75, 3.05) is 32.1 Å². The molecule has 33 heavy (non-hydrogen) atoms. The lowest BCUT2D eigenvalue weighted by Crippen LogP contribution is -2.28. The molecule has 0 saturated carbocycles. The number of hydrogen-bond donors (Lipinski definition) is 4. The van der Waals surface area contributed by atoms with E-state index in [4.69, 9.17) is 10.2 Å². The highest BCUT2D eigenvalue weighted by Gasteiger charge is 2.13. The van der Waals surface area contributed by atoms with Gasteiger partial charge in [-0.1, -0.05) is 67.3 Å². The lowest BCUT2D eigenvalue weighted by molar-refractivity contribution is 0.301. The summed E-state index contributed by atoms with van der Waals surface area (Å²) < 4.78 is 52.5. The second-order valence-corrected chi connectivity index (χ2v) is 10.5. The molecule has 0 aliphatic heterocycles. The van der Waals surface area contributed by atoms with Gasteiger partial charge < -0.3 is 10.2 Å². The average molecular weight is 493 g/mol. The number of aliphatic hydroxyl groups excluding tert-OH is 2. The second-order valence-electron chi connectivity index (χ2n) is 6.88. The Morgan fingerprint density at radius 1 is 0.848 bits per heavy atom. The summed E-state index contributed by atoms with van der Waals surface area (Å²) in [5.74, 6) is -0.220. The fourth-order valence-electron chi connectivity index (χ4n) is 2.88. The molecule has 178 valence electrons. The van der Waals surface area contributed by atoms with Crippen LogP contribution in [0.1, 0.15) is 5.56 Å². The van der Waals surface area contributed by atoms with Crippen molar-refractivity contribution in [1.29, 1.82) is 0 Å². The minimum absolute atomic E-state index is 0.0287. The third kappa shape index (κ3) is 8.35. The van der Waals surface area contributed by atoms with Gasteiger partial charge in [0.15, 0.2) is 0 Å². The molecule has 2 rings (SSSR count). The molecular formula is C23H28N2O6S2. The molecule has 0 aromatic heterocycles. The molecule has 0 amide bonds. The molecule has 0 spiro atoms. The molecule has 0 radical (unpaired) electrons. The van der Waals surface area contributed by atoms with Crippen molar-refractivity contribution < 1.29 is 27.0 Å². The molecule has 0 saturated heterocycles. The Kier molecular flexibility index (Phi) is 10.2. The third-order valence-electron chi connectivity index (χ3n) is 4.46. The van der Waals surface area contributed by atoms with Gasteiger partial charge in [-0.05, 0) is 34.4 Å². The highest BCUT2D eigenvalue weighted by atomic mass is 32.2. The van der Waals surface area contributed by atoms with Crippen LogP contribution in [0.2, 0.25) is 0 Å². The molecule has 0 fully saturated rings. The summed E-state index contributed by atoms with van der Waals surface area (Å²) in [5.41, 5.74) is 3.32. The van der Waals surface area contributed by atoms with Crippen molar-refractivity contribution in [1.82, 2.24) is 9.44 Å². The monoisotopic (exact) mass is 492 g/mol. The SMILES string of the molecule is C=C/C=C(\C=C/CS(=O)(=O)NCCO)c1ccc(-c2ccc(S(=O)(=O)NCCO)cc2)cc1. The fourth-order valence-corrected chi connectivity index (χ4v) is 4.77. The van der Waals surface area contributed by atoms with E-state index in [9.17, 15) is 16.8 Å². The van der Waals surface area contributed by atoms with Crippen LogP contribution in [0.4, 0.5) is 0 Å². The maximum atomic E-state index is 12.1. The van der Waals surface area contributed by atoms with Crippen LogP contribution in [-0.2, 0) is 20.0 Å². The summed E-state index contributed by atoms with van der Waals surface area (Å²) in [6, 6.07) is 13.9. The first-order valence-corrected chi connectivity index (χ1v) is 13.2. The van der Waals surface area contributed by atoms with Gasteiger partial charge in [0.05, 0.1) is 23.9 Å². The highest BCUT2D eigenvalue weighted by Crippen LogP contribution is 2.24. The Labute approximate surface area is 195 Å². The molecule has 4 N–H and O–H groups in total. The summed E-state index contributed by atoms with van der Waals surface area (Å²) in [7, 11) is -7.17. The normalized spacial score (nSPS) is 12.8. The van der Waals surface area contributed by atoms with Crippen LogP contribution in [0.15, 0.2) is 84.3 Å². The van der Waals surface area contributed by atoms with E-state index in [-0.39, 0.29) is 37.0 Å². The van der Waals surface area contributed by atoms with Gasteiger partial charge in [0, 0.05) is 13.1 Å². The summed E-state index contributed by atoms with van der Waals surface area (Å²) in [4.78, 5) is 0.112. The third-order valence-corrected chi connectivity index (χ3v) is 7.22. The molecule has 2 aromatic carbocycles. The first kappa shape index (κ1) is 26.7. The fraction of sp³-hybridized carbons (Fsp3) is 0.217. The number of benzene rings is 2. The lowest BCUT2D eigenvalue weighted by atomic mass is 10.00. The number of hydrogen-bond acceptors (Lipinski definition) is 6. The number of sulfonamides is 2. The lowest BCUT2D eigenvalue weighted by Gasteiger charge is -2.08. The maximum absolute atomic E-state index is 12.1. The standard InChI is InChI=1S/C23H28N2O6S2/c1-2-4-19(5-3-18-32(28,29)24-14-16-26)20-6-8-21(9-7-20)22-10-12-23(13-11-22)33(30,31)25-15-17-27/h2-13,24-27H,1,14-18H2/b5-3-,19-4+. The van der Waals surface area contributed by atoms with Crippen molar-refractivity contribution in [3.05, 3.63) is 85.0 Å². The molecule has 2 aromatic rings. The number of aliphatic hydroxyl groups is 2. The maximum Gasteiger partial charge on any atom is 0.240 e. The van der Waals surface area contributed by atoms with Crippen molar-refractivity contribution in [2.45, 2.75) is 4.90 Å². The van der Waals surface area contributed by atoms with Crippen molar-refractivity contribution >= 4 is 25.6 Å². The molecular weight excluding hydrogens is 464 g/mol. The quantitative estimate of drug-likeness (QED) is 0.314. The van der Waals surface area contributed by atoms with E-state index in [0.717, 1.165) is 22.3 Å².